The zero-order chi connectivity index (χ0) is 8.27. The summed E-state index contributed by atoms with van der Waals surface area (Å²) in [5, 5.41) is 0. The van der Waals surface area contributed by atoms with Gasteiger partial charge in [0.25, 0.3) is 0 Å². The maximum atomic E-state index is 5.02. The fourth-order valence-corrected chi connectivity index (χ4v) is 0.866. The van der Waals surface area contributed by atoms with Crippen LogP contribution in [0.25, 0.3) is 0 Å². The van der Waals surface area contributed by atoms with Crippen LogP contribution in [0, 0.1) is 6.92 Å². The van der Waals surface area contributed by atoms with E-state index >= 15 is 0 Å². The maximum Gasteiger partial charge on any atom is 0.122 e. The summed E-state index contributed by atoms with van der Waals surface area (Å²) in [6.45, 7) is 3.78. The first-order chi connectivity index (χ1) is 5.26. The highest BCUT2D eigenvalue weighted by molar-refractivity contribution is 5.39. The first kappa shape index (κ1) is 7.92. The summed E-state index contributed by atoms with van der Waals surface area (Å²) < 4.78 is 10.0. The zero-order valence-corrected chi connectivity index (χ0v) is 6.76. The van der Waals surface area contributed by atoms with E-state index in [1.807, 2.05) is 18.2 Å². The number of rotatable bonds is 2. The summed E-state index contributed by atoms with van der Waals surface area (Å²) >= 11 is 0. The molecule has 59 valence electrons. The predicted octanol–water partition coefficient (Wildman–Crippen LogP) is 1.89. The summed E-state index contributed by atoms with van der Waals surface area (Å²) in [4.78, 5) is 0. The van der Waals surface area contributed by atoms with Gasteiger partial charge in [0.2, 0.25) is 0 Å². The SMILES string of the molecule is [CH2]c1cc(OC)cc(OC)c1. The van der Waals surface area contributed by atoms with Crippen molar-refractivity contribution >= 4 is 0 Å². The highest BCUT2D eigenvalue weighted by Crippen LogP contribution is 2.21. The molecule has 0 aliphatic heterocycles. The van der Waals surface area contributed by atoms with Crippen molar-refractivity contribution in [2.75, 3.05) is 14.2 Å². The Morgan fingerprint density at radius 1 is 1.00 bits per heavy atom. The molecule has 0 heterocycles. The van der Waals surface area contributed by atoms with Crippen LogP contribution in [0.15, 0.2) is 18.2 Å². The fourth-order valence-electron chi connectivity index (χ4n) is 0.866. The second kappa shape index (κ2) is 3.28. The normalized spacial score (nSPS) is 9.36. The zero-order valence-electron chi connectivity index (χ0n) is 6.76. The van der Waals surface area contributed by atoms with Crippen LogP contribution in [0.5, 0.6) is 11.5 Å². The van der Waals surface area contributed by atoms with Crippen LogP contribution in [0.1, 0.15) is 5.56 Å². The summed E-state index contributed by atoms with van der Waals surface area (Å²) in [5.41, 5.74) is 0.890. The van der Waals surface area contributed by atoms with Gasteiger partial charge in [-0.1, -0.05) is 0 Å². The van der Waals surface area contributed by atoms with E-state index in [9.17, 15) is 0 Å². The molecule has 0 aliphatic carbocycles. The molecule has 1 radical (unpaired) electrons. The average Bonchev–Trinajstić information content (AvgIpc) is 2.03. The molecule has 0 atom stereocenters. The molecule has 2 heteroatoms. The molecule has 0 spiro atoms. The molecule has 2 nitrogen and oxygen atoms in total. The Kier molecular flexibility index (Phi) is 2.36. The smallest absolute Gasteiger partial charge is 0.122 e. The number of hydrogen-bond acceptors (Lipinski definition) is 2. The minimum atomic E-state index is 0.773. The first-order valence-corrected chi connectivity index (χ1v) is 3.31. The van der Waals surface area contributed by atoms with Crippen molar-refractivity contribution in [3.63, 3.8) is 0 Å². The van der Waals surface area contributed by atoms with Crippen LogP contribution in [0.4, 0.5) is 0 Å². The van der Waals surface area contributed by atoms with Gasteiger partial charge in [0.15, 0.2) is 0 Å². The van der Waals surface area contributed by atoms with Crippen molar-refractivity contribution in [3.8, 4) is 11.5 Å². The standard InChI is InChI=1S/C9H11O2/c1-7-4-8(10-2)6-9(5-7)11-3/h4-6H,1H2,2-3H3. The van der Waals surface area contributed by atoms with Gasteiger partial charge in [-0.2, -0.15) is 0 Å². The number of methoxy groups -OCH3 is 2. The Balaban J connectivity index is 3.02. The van der Waals surface area contributed by atoms with E-state index in [1.54, 1.807) is 14.2 Å². The molecule has 1 rings (SSSR count). The van der Waals surface area contributed by atoms with Crippen LogP contribution in [0.2, 0.25) is 0 Å². The molecule has 1 aromatic carbocycles. The average molecular weight is 151 g/mol. The Hall–Kier alpha value is -1.18. The van der Waals surface area contributed by atoms with E-state index in [1.165, 1.54) is 0 Å². The Labute approximate surface area is 66.8 Å². The van der Waals surface area contributed by atoms with Gasteiger partial charge in [-0.15, -0.1) is 0 Å². The molecule has 1 aromatic rings. The van der Waals surface area contributed by atoms with E-state index in [0.717, 1.165) is 17.1 Å². The van der Waals surface area contributed by atoms with Crippen molar-refractivity contribution in [1.29, 1.82) is 0 Å². The third kappa shape index (κ3) is 1.87. The van der Waals surface area contributed by atoms with Crippen molar-refractivity contribution in [2.45, 2.75) is 0 Å². The lowest BCUT2D eigenvalue weighted by atomic mass is 10.2. The molecule has 0 fully saturated rings. The predicted molar refractivity (Wildman–Crippen MR) is 44.0 cm³/mol. The Morgan fingerprint density at radius 2 is 1.45 bits per heavy atom. The third-order valence-electron chi connectivity index (χ3n) is 1.41. The van der Waals surface area contributed by atoms with E-state index in [4.69, 9.17) is 9.47 Å². The fraction of sp³-hybridized carbons (Fsp3) is 0.222. The van der Waals surface area contributed by atoms with E-state index in [2.05, 4.69) is 6.92 Å². The molecule has 11 heavy (non-hydrogen) atoms. The molecular weight excluding hydrogens is 140 g/mol. The van der Waals surface area contributed by atoms with Gasteiger partial charge in [0.1, 0.15) is 11.5 Å². The largest absolute Gasteiger partial charge is 0.497 e. The molecule has 0 amide bonds. The Morgan fingerprint density at radius 3 is 1.82 bits per heavy atom. The lowest BCUT2D eigenvalue weighted by molar-refractivity contribution is 0.394. The lowest BCUT2D eigenvalue weighted by Gasteiger charge is -2.04. The van der Waals surface area contributed by atoms with Crippen molar-refractivity contribution in [3.05, 3.63) is 30.7 Å². The molecule has 0 unspecified atom stereocenters. The second-order valence-electron chi connectivity index (χ2n) is 2.22. The summed E-state index contributed by atoms with van der Waals surface area (Å²) in [7, 11) is 3.24. The summed E-state index contributed by atoms with van der Waals surface area (Å²) in [5.74, 6) is 1.55. The van der Waals surface area contributed by atoms with Crippen LogP contribution < -0.4 is 9.47 Å². The van der Waals surface area contributed by atoms with Crippen LogP contribution in [-0.2, 0) is 0 Å². The molecular formula is C9H11O2. The molecule has 0 aliphatic rings. The highest BCUT2D eigenvalue weighted by Gasteiger charge is 1.96. The lowest BCUT2D eigenvalue weighted by Crippen LogP contribution is -1.87. The van der Waals surface area contributed by atoms with Crippen LogP contribution >= 0.6 is 0 Å². The van der Waals surface area contributed by atoms with Gasteiger partial charge >= 0.3 is 0 Å². The number of benzene rings is 1. The van der Waals surface area contributed by atoms with Crippen molar-refractivity contribution < 1.29 is 9.47 Å². The monoisotopic (exact) mass is 151 g/mol. The van der Waals surface area contributed by atoms with Gasteiger partial charge in [-0.25, -0.2) is 0 Å². The molecule has 0 bridgehead atoms. The molecule has 0 aromatic heterocycles. The van der Waals surface area contributed by atoms with Gasteiger partial charge in [0, 0.05) is 6.07 Å². The molecule has 0 N–H and O–H groups in total. The van der Waals surface area contributed by atoms with Crippen LogP contribution in [0.3, 0.4) is 0 Å². The second-order valence-corrected chi connectivity index (χ2v) is 2.22. The van der Waals surface area contributed by atoms with Gasteiger partial charge < -0.3 is 9.47 Å². The first-order valence-electron chi connectivity index (χ1n) is 3.31. The molecule has 0 saturated heterocycles. The maximum absolute atomic E-state index is 5.02. The van der Waals surface area contributed by atoms with Gasteiger partial charge in [0.05, 0.1) is 14.2 Å². The summed E-state index contributed by atoms with van der Waals surface area (Å²) in [6, 6.07) is 5.51. The van der Waals surface area contributed by atoms with E-state index in [0.29, 0.717) is 0 Å². The number of hydrogen-bond donors (Lipinski definition) is 0. The Bertz CT molecular complexity index is 221. The van der Waals surface area contributed by atoms with Crippen LogP contribution in [-0.4, -0.2) is 14.2 Å². The third-order valence-corrected chi connectivity index (χ3v) is 1.41. The highest BCUT2D eigenvalue weighted by atomic mass is 16.5. The van der Waals surface area contributed by atoms with E-state index < -0.39 is 0 Å². The molecule has 0 saturated carbocycles. The summed E-state index contributed by atoms with van der Waals surface area (Å²) in [6.07, 6.45) is 0. The topological polar surface area (TPSA) is 18.5 Å². The van der Waals surface area contributed by atoms with Crippen molar-refractivity contribution in [1.82, 2.24) is 0 Å². The van der Waals surface area contributed by atoms with Crippen molar-refractivity contribution in [2.24, 2.45) is 0 Å². The quantitative estimate of drug-likeness (QED) is 0.642. The van der Waals surface area contributed by atoms with Gasteiger partial charge in [-0.3, -0.25) is 0 Å². The van der Waals surface area contributed by atoms with E-state index in [-0.39, 0.29) is 0 Å². The minimum Gasteiger partial charge on any atom is -0.497 e. The van der Waals surface area contributed by atoms with Gasteiger partial charge in [-0.05, 0) is 24.6 Å². The number of ether oxygens (including phenoxy) is 2. The minimum absolute atomic E-state index is 0.773.